The molecule has 0 spiro atoms. The minimum atomic E-state index is -10.7. The summed E-state index contributed by atoms with van der Waals surface area (Å²) >= 11 is 0. The molecule has 10 heteroatoms. The molecule has 0 aliphatic carbocycles. The van der Waals surface area contributed by atoms with Gasteiger partial charge in [-0.15, -0.1) is 0 Å². The molecule has 0 bridgehead atoms. The number of anilines is 1. The van der Waals surface area contributed by atoms with Crippen LogP contribution in [0.2, 0.25) is 0 Å². The van der Waals surface area contributed by atoms with E-state index in [1.807, 2.05) is 6.07 Å². The Morgan fingerprint density at radius 1 is 0.917 bits per heavy atom. The second-order valence-corrected chi connectivity index (χ2v) is 11.5. The van der Waals surface area contributed by atoms with Crippen molar-refractivity contribution in [3.63, 3.8) is 0 Å². The number of hydrogen-bond donors (Lipinski definition) is 0. The summed E-state index contributed by atoms with van der Waals surface area (Å²) in [6, 6.07) is 18.9. The van der Waals surface area contributed by atoms with Crippen LogP contribution in [0.5, 0.6) is 0 Å². The molecule has 2 aliphatic rings. The van der Waals surface area contributed by atoms with E-state index in [1.54, 1.807) is 0 Å². The third-order valence-corrected chi connectivity index (χ3v) is 6.84. The number of nitrogens with zero attached hydrogens (tertiary/aromatic N) is 2. The quantitative estimate of drug-likeness (QED) is 0.214. The van der Waals surface area contributed by atoms with Crippen molar-refractivity contribution in [2.24, 2.45) is 0 Å². The Morgan fingerprint density at radius 3 is 2.14 bits per heavy atom. The number of rotatable bonds is 5. The Kier molecular flexibility index (Phi) is 7.97. The molecule has 4 rings (SSSR count). The number of para-hydroxylation sites is 1. The zero-order valence-electron chi connectivity index (χ0n) is 20.3. The van der Waals surface area contributed by atoms with E-state index >= 15 is 0 Å². The van der Waals surface area contributed by atoms with Crippen LogP contribution in [0.1, 0.15) is 43.7 Å². The van der Waals surface area contributed by atoms with Gasteiger partial charge in [0.2, 0.25) is 0 Å². The minimum absolute atomic E-state index is 0.0121. The van der Waals surface area contributed by atoms with Gasteiger partial charge in [-0.1, -0.05) is 54.6 Å². The second kappa shape index (κ2) is 10.2. The fourth-order valence-corrected chi connectivity index (χ4v) is 5.06. The summed E-state index contributed by atoms with van der Waals surface area (Å²) in [7, 11) is -10.7. The molecule has 3 nitrogen and oxygen atoms in total. The molecule has 0 radical (unpaired) electrons. The Balaban J connectivity index is 0.000000454. The molecule has 2 aromatic rings. The summed E-state index contributed by atoms with van der Waals surface area (Å²) in [5, 5.41) is 0. The summed E-state index contributed by atoms with van der Waals surface area (Å²) in [5.41, 5.74) is 3.67. The van der Waals surface area contributed by atoms with Gasteiger partial charge in [-0.2, -0.15) is 0 Å². The molecule has 200 valence electrons. The van der Waals surface area contributed by atoms with Crippen molar-refractivity contribution in [1.82, 2.24) is 0 Å². The fraction of sp³-hybridized carbons (Fsp3) is 0.423. The third-order valence-electron chi connectivity index (χ3n) is 6.84. The molecule has 0 unspecified atom stereocenters. The predicted octanol–water partition coefficient (Wildman–Crippen LogP) is 8.45. The maximum absolute atomic E-state index is 13.7. The molecule has 0 saturated carbocycles. The van der Waals surface area contributed by atoms with Crippen LogP contribution < -0.4 is 4.90 Å². The van der Waals surface area contributed by atoms with Crippen LogP contribution in [0.15, 0.2) is 60.7 Å². The van der Waals surface area contributed by atoms with E-state index in [2.05, 4.69) is 72.5 Å². The van der Waals surface area contributed by atoms with Crippen molar-refractivity contribution in [3.05, 3.63) is 71.8 Å². The zero-order chi connectivity index (χ0) is 26.5. The number of aryl methyl sites for hydroxylation is 1. The van der Waals surface area contributed by atoms with Gasteiger partial charge in [0, 0.05) is 12.2 Å². The Bertz CT molecular complexity index is 1060. The summed E-state index contributed by atoms with van der Waals surface area (Å²) in [5.74, 6) is 0.298. The normalized spacial score (nSPS) is 20.4. The molecule has 0 N–H and O–H groups in total. The number of amides is 1. The van der Waals surface area contributed by atoms with Crippen molar-refractivity contribution >= 4 is 25.5 Å². The van der Waals surface area contributed by atoms with Crippen molar-refractivity contribution in [3.8, 4) is 0 Å². The maximum atomic E-state index is 13.7. The first-order valence-electron chi connectivity index (χ1n) is 12.2. The van der Waals surface area contributed by atoms with Gasteiger partial charge in [-0.3, -0.25) is 4.79 Å². The van der Waals surface area contributed by atoms with Gasteiger partial charge in [0.05, 0.1) is 19.6 Å². The average Bonchev–Trinajstić information content (AvgIpc) is 2.82. The Labute approximate surface area is 208 Å². The monoisotopic (exact) mass is 534 g/mol. The van der Waals surface area contributed by atoms with Crippen LogP contribution in [0.3, 0.4) is 0 Å². The predicted molar refractivity (Wildman–Crippen MR) is 134 cm³/mol. The second-order valence-electron chi connectivity index (χ2n) is 9.58. The fourth-order valence-electron chi connectivity index (χ4n) is 5.06. The van der Waals surface area contributed by atoms with Crippen LogP contribution in [0, 0.1) is 0 Å². The number of hydrogen-bond acceptors (Lipinski definition) is 1. The van der Waals surface area contributed by atoms with Gasteiger partial charge in [0.1, 0.15) is 0 Å². The summed E-state index contributed by atoms with van der Waals surface area (Å²) in [6.45, 7) is 6.14. The van der Waals surface area contributed by atoms with Crippen LogP contribution in [-0.2, 0) is 11.2 Å². The third kappa shape index (κ3) is 8.93. The molecule has 2 aliphatic heterocycles. The summed E-state index contributed by atoms with van der Waals surface area (Å²) < 4.78 is 60.1. The molecule has 2 heterocycles. The van der Waals surface area contributed by atoms with Crippen molar-refractivity contribution in [2.45, 2.75) is 45.1 Å². The van der Waals surface area contributed by atoms with E-state index in [4.69, 9.17) is 0 Å². The number of carbonyl (C=O) groups excluding carboxylic acids is 1. The van der Waals surface area contributed by atoms with E-state index in [0.717, 1.165) is 49.2 Å². The number of fused-ring (bicyclic) bond motifs is 1. The first-order valence-corrected chi connectivity index (χ1v) is 14.2. The van der Waals surface area contributed by atoms with E-state index in [9.17, 15) is 30.0 Å². The van der Waals surface area contributed by atoms with Crippen molar-refractivity contribution in [1.29, 1.82) is 0 Å². The van der Waals surface area contributed by atoms with Crippen LogP contribution in [0.25, 0.3) is 6.08 Å². The van der Waals surface area contributed by atoms with E-state index in [-0.39, 0.29) is 6.04 Å². The van der Waals surface area contributed by atoms with Crippen LogP contribution >= 0.6 is 7.81 Å². The zero-order valence-corrected chi connectivity index (χ0v) is 21.2. The van der Waals surface area contributed by atoms with Gasteiger partial charge in [0.15, 0.2) is 6.04 Å². The Morgan fingerprint density at radius 2 is 1.50 bits per heavy atom. The van der Waals surface area contributed by atoms with E-state index < -0.39 is 7.81 Å². The number of quaternary nitrogens is 1. The number of likely N-dealkylation sites (tertiary alicyclic amines) is 1. The van der Waals surface area contributed by atoms with Gasteiger partial charge >= 0.3 is 33.0 Å². The van der Waals surface area contributed by atoms with Crippen LogP contribution in [-0.4, -0.2) is 42.6 Å². The molecule has 2 aromatic carbocycles. The number of carbonyl (C=O) groups is 1. The van der Waals surface area contributed by atoms with Gasteiger partial charge in [-0.25, -0.2) is 0 Å². The first kappa shape index (κ1) is 28.2. The molecule has 1 amide bonds. The molecule has 1 fully saturated rings. The molecule has 1 saturated heterocycles. The first-order chi connectivity index (χ1) is 16.6. The van der Waals surface area contributed by atoms with Crippen molar-refractivity contribution in [2.75, 3.05) is 31.1 Å². The standard InChI is InChI=1S/C26H33N2O.F6P/c1-22(26(29)27-18-10-16-24-15-6-7-17-25(24)27)28(19-8-3-9-20-28)21-11-14-23-12-4-2-5-13-23;1-7(2,3,4,5)6/h2,4-7,11-15,17,22H,3,8-10,16,18-21H2,1H3;/q+1;-1/b14-11+;/t22-;/m0./s1. The van der Waals surface area contributed by atoms with Gasteiger partial charge in [0.25, 0.3) is 5.91 Å². The van der Waals surface area contributed by atoms with Crippen molar-refractivity contribution < 1.29 is 34.5 Å². The Hall–Kier alpha value is -2.38. The number of halogens is 6. The molecule has 0 aromatic heterocycles. The van der Waals surface area contributed by atoms with E-state index in [0.29, 0.717) is 5.91 Å². The molecule has 36 heavy (non-hydrogen) atoms. The van der Waals surface area contributed by atoms with E-state index in [1.165, 1.54) is 30.4 Å². The average molecular weight is 535 g/mol. The van der Waals surface area contributed by atoms with Gasteiger partial charge in [-0.05, 0) is 62.3 Å². The SMILES string of the molecule is C[C@@H](C(=O)N1CCCc2ccccc21)[N+]1(C/C=C/c2ccccc2)CCCCC1.F[P-](F)(F)(F)(F)F. The van der Waals surface area contributed by atoms with Gasteiger partial charge < -0.3 is 9.38 Å². The summed E-state index contributed by atoms with van der Waals surface area (Å²) in [6.07, 6.45) is 10.4. The van der Waals surface area contributed by atoms with Crippen LogP contribution in [0.4, 0.5) is 30.9 Å². The topological polar surface area (TPSA) is 20.3 Å². The molecular weight excluding hydrogens is 501 g/mol. The number of piperidine rings is 1. The number of benzene rings is 2. The molecule has 1 atom stereocenters. The summed E-state index contributed by atoms with van der Waals surface area (Å²) in [4.78, 5) is 15.8. The molecular formula is C26H33F6N2OP.